The van der Waals surface area contributed by atoms with Crippen LogP contribution in [0, 0.1) is 5.92 Å². The summed E-state index contributed by atoms with van der Waals surface area (Å²) in [7, 11) is 4.15. The van der Waals surface area contributed by atoms with Gasteiger partial charge >= 0.3 is 0 Å². The van der Waals surface area contributed by atoms with Crippen LogP contribution in [0.15, 0.2) is 35.3 Å². The maximum absolute atomic E-state index is 4.52. The molecule has 0 amide bonds. The number of guanidine groups is 1. The Bertz CT molecular complexity index is 538. The van der Waals surface area contributed by atoms with Gasteiger partial charge in [-0.3, -0.25) is 9.89 Å². The number of aliphatic imine (C=N–C) groups is 1. The van der Waals surface area contributed by atoms with Gasteiger partial charge in [-0.2, -0.15) is 0 Å². The van der Waals surface area contributed by atoms with Gasteiger partial charge in [0.15, 0.2) is 5.96 Å². The second-order valence-electron chi connectivity index (χ2n) is 7.46. The number of likely N-dealkylation sites (N-methyl/N-ethyl adjacent to an activating group) is 1. The predicted molar refractivity (Wildman–Crippen MR) is 101 cm³/mol. The lowest BCUT2D eigenvalue weighted by Gasteiger charge is -2.28. The Kier molecular flexibility index (Phi) is 5.77. The average Bonchev–Trinajstić information content (AvgIpc) is 3.36. The third-order valence-electron chi connectivity index (χ3n) is 5.54. The van der Waals surface area contributed by atoms with Crippen LogP contribution in [0.3, 0.4) is 0 Å². The van der Waals surface area contributed by atoms with E-state index in [0.29, 0.717) is 6.04 Å². The van der Waals surface area contributed by atoms with E-state index in [1.54, 1.807) is 0 Å². The molecule has 1 aliphatic heterocycles. The molecule has 0 aromatic heterocycles. The molecule has 2 atom stereocenters. The van der Waals surface area contributed by atoms with Crippen LogP contribution in [-0.4, -0.2) is 61.6 Å². The molecule has 2 unspecified atom stereocenters. The molecular weight excluding hydrogens is 296 g/mol. The van der Waals surface area contributed by atoms with Gasteiger partial charge in [-0.15, -0.1) is 0 Å². The van der Waals surface area contributed by atoms with E-state index >= 15 is 0 Å². The van der Waals surface area contributed by atoms with Crippen LogP contribution in [0.4, 0.5) is 0 Å². The number of rotatable bonds is 6. The smallest absolute Gasteiger partial charge is 0.193 e. The van der Waals surface area contributed by atoms with E-state index in [0.717, 1.165) is 37.6 Å². The molecule has 2 aliphatic rings. The average molecular weight is 329 g/mol. The minimum Gasteiger partial charge on any atom is -0.355 e. The van der Waals surface area contributed by atoms with Crippen LogP contribution in [0.2, 0.25) is 0 Å². The molecule has 1 N–H and O–H groups in total. The van der Waals surface area contributed by atoms with Crippen LogP contribution >= 0.6 is 0 Å². The lowest BCUT2D eigenvalue weighted by atomic mass is 9.99. The Hall–Kier alpha value is -1.55. The molecule has 0 spiro atoms. The first kappa shape index (κ1) is 17.3. The highest BCUT2D eigenvalue weighted by atomic mass is 15.3. The van der Waals surface area contributed by atoms with Crippen molar-refractivity contribution in [1.82, 2.24) is 15.1 Å². The van der Waals surface area contributed by atoms with Crippen LogP contribution in [0.25, 0.3) is 0 Å². The molecule has 1 aromatic carbocycles. The molecule has 4 nitrogen and oxygen atoms in total. The third kappa shape index (κ3) is 4.50. The van der Waals surface area contributed by atoms with Gasteiger partial charge in [0.25, 0.3) is 0 Å². The van der Waals surface area contributed by atoms with Crippen molar-refractivity contribution in [2.45, 2.75) is 44.7 Å². The molecule has 2 fully saturated rings. The molecule has 132 valence electrons. The lowest BCUT2D eigenvalue weighted by molar-refractivity contribution is 0.246. The third-order valence-corrected chi connectivity index (χ3v) is 5.54. The fourth-order valence-corrected chi connectivity index (χ4v) is 3.70. The summed E-state index contributed by atoms with van der Waals surface area (Å²) in [6.45, 7) is 5.51. The number of hydrogen-bond donors (Lipinski definition) is 1. The molecule has 24 heavy (non-hydrogen) atoms. The van der Waals surface area contributed by atoms with Gasteiger partial charge in [0, 0.05) is 38.8 Å². The standard InChI is InChI=1S/C20H32N4/c1-16(23(3)19-9-10-19)14-22-20(21-2)24-12-11-18(15-24)13-17-7-5-4-6-8-17/h4-8,16,18-19H,9-15H2,1-3H3,(H,21,22). The summed E-state index contributed by atoms with van der Waals surface area (Å²) in [4.78, 5) is 9.45. The summed E-state index contributed by atoms with van der Waals surface area (Å²) in [6, 6.07) is 12.2. The van der Waals surface area contributed by atoms with Crippen molar-refractivity contribution in [3.8, 4) is 0 Å². The first-order valence-electron chi connectivity index (χ1n) is 9.39. The Morgan fingerprint density at radius 1 is 1.29 bits per heavy atom. The van der Waals surface area contributed by atoms with E-state index in [9.17, 15) is 0 Å². The van der Waals surface area contributed by atoms with Crippen molar-refractivity contribution < 1.29 is 0 Å². The van der Waals surface area contributed by atoms with E-state index in [4.69, 9.17) is 0 Å². The maximum Gasteiger partial charge on any atom is 0.193 e. The first-order chi connectivity index (χ1) is 11.7. The normalized spacial score (nSPS) is 22.9. The molecule has 0 radical (unpaired) electrons. The highest BCUT2D eigenvalue weighted by molar-refractivity contribution is 5.80. The fourth-order valence-electron chi connectivity index (χ4n) is 3.70. The van der Waals surface area contributed by atoms with E-state index in [1.807, 2.05) is 7.05 Å². The molecule has 1 aliphatic carbocycles. The Morgan fingerprint density at radius 2 is 2.04 bits per heavy atom. The quantitative estimate of drug-likeness (QED) is 0.643. The molecule has 1 aromatic rings. The summed E-state index contributed by atoms with van der Waals surface area (Å²) in [5.41, 5.74) is 1.45. The van der Waals surface area contributed by atoms with E-state index in [2.05, 4.69) is 64.4 Å². The van der Waals surface area contributed by atoms with Crippen LogP contribution in [0.5, 0.6) is 0 Å². The number of likely N-dealkylation sites (tertiary alicyclic amines) is 1. The summed E-state index contributed by atoms with van der Waals surface area (Å²) in [5.74, 6) is 1.80. The molecular formula is C20H32N4. The summed E-state index contributed by atoms with van der Waals surface area (Å²) in [5, 5.41) is 3.59. The summed E-state index contributed by atoms with van der Waals surface area (Å²) >= 11 is 0. The van der Waals surface area contributed by atoms with Gasteiger partial charge < -0.3 is 10.2 Å². The minimum atomic E-state index is 0.553. The molecule has 1 heterocycles. The minimum absolute atomic E-state index is 0.553. The number of nitrogens with one attached hydrogen (secondary N) is 1. The Labute approximate surface area is 146 Å². The zero-order valence-electron chi connectivity index (χ0n) is 15.4. The van der Waals surface area contributed by atoms with Crippen molar-refractivity contribution in [3.63, 3.8) is 0 Å². The van der Waals surface area contributed by atoms with Crippen LogP contribution in [0.1, 0.15) is 31.7 Å². The number of nitrogens with zero attached hydrogens (tertiary/aromatic N) is 3. The van der Waals surface area contributed by atoms with Gasteiger partial charge in [-0.1, -0.05) is 30.3 Å². The van der Waals surface area contributed by atoms with Crippen molar-refractivity contribution in [2.75, 3.05) is 33.7 Å². The Morgan fingerprint density at radius 3 is 2.71 bits per heavy atom. The van der Waals surface area contributed by atoms with Gasteiger partial charge in [0.2, 0.25) is 0 Å². The SMILES string of the molecule is CN=C(NCC(C)N(C)C1CC1)N1CCC(Cc2ccccc2)C1. The van der Waals surface area contributed by atoms with Gasteiger partial charge in [-0.25, -0.2) is 0 Å². The molecule has 0 bridgehead atoms. The number of benzene rings is 1. The Balaban J connectivity index is 1.46. The van der Waals surface area contributed by atoms with Gasteiger partial charge in [0.1, 0.15) is 0 Å². The monoisotopic (exact) mass is 328 g/mol. The first-order valence-corrected chi connectivity index (χ1v) is 9.39. The largest absolute Gasteiger partial charge is 0.355 e. The second kappa shape index (κ2) is 8.02. The van der Waals surface area contributed by atoms with E-state index < -0.39 is 0 Å². The van der Waals surface area contributed by atoms with Gasteiger partial charge in [-0.05, 0) is 51.1 Å². The van der Waals surface area contributed by atoms with Crippen molar-refractivity contribution in [1.29, 1.82) is 0 Å². The van der Waals surface area contributed by atoms with E-state index in [-0.39, 0.29) is 0 Å². The van der Waals surface area contributed by atoms with Crippen molar-refractivity contribution >= 4 is 5.96 Å². The highest BCUT2D eigenvalue weighted by Gasteiger charge is 2.30. The lowest BCUT2D eigenvalue weighted by Crippen LogP contribution is -2.46. The van der Waals surface area contributed by atoms with Crippen LogP contribution < -0.4 is 5.32 Å². The number of hydrogen-bond acceptors (Lipinski definition) is 2. The fraction of sp³-hybridized carbons (Fsp3) is 0.650. The van der Waals surface area contributed by atoms with Crippen molar-refractivity contribution in [3.05, 3.63) is 35.9 Å². The zero-order valence-corrected chi connectivity index (χ0v) is 15.4. The van der Waals surface area contributed by atoms with Crippen LogP contribution in [-0.2, 0) is 6.42 Å². The highest BCUT2D eigenvalue weighted by Crippen LogP contribution is 2.26. The molecule has 4 heteroatoms. The second-order valence-corrected chi connectivity index (χ2v) is 7.46. The summed E-state index contributed by atoms with van der Waals surface area (Å²) < 4.78 is 0. The topological polar surface area (TPSA) is 30.9 Å². The zero-order chi connectivity index (χ0) is 16.9. The molecule has 1 saturated carbocycles. The van der Waals surface area contributed by atoms with Crippen molar-refractivity contribution in [2.24, 2.45) is 10.9 Å². The predicted octanol–water partition coefficient (Wildman–Crippen LogP) is 2.61. The summed E-state index contributed by atoms with van der Waals surface area (Å²) in [6.07, 6.45) is 5.16. The molecule has 1 saturated heterocycles. The van der Waals surface area contributed by atoms with Gasteiger partial charge in [0.05, 0.1) is 0 Å². The van der Waals surface area contributed by atoms with E-state index in [1.165, 1.54) is 31.2 Å². The maximum atomic E-state index is 4.52. The molecule has 3 rings (SSSR count).